The maximum absolute atomic E-state index is 12.1. The fourth-order valence-electron chi connectivity index (χ4n) is 2.22. The first-order chi connectivity index (χ1) is 11.1. The molecule has 0 saturated heterocycles. The summed E-state index contributed by atoms with van der Waals surface area (Å²) in [5.74, 6) is -0.181. The first-order valence-corrected chi connectivity index (χ1v) is 7.65. The van der Waals surface area contributed by atoms with E-state index in [1.807, 2.05) is 6.92 Å². The van der Waals surface area contributed by atoms with Crippen LogP contribution in [0.15, 0.2) is 24.3 Å². The topological polar surface area (TPSA) is 70.6 Å². The van der Waals surface area contributed by atoms with Crippen LogP contribution in [0.4, 0.5) is 18.0 Å². The summed E-state index contributed by atoms with van der Waals surface area (Å²) in [6.07, 6.45) is -4.58. The molecule has 0 aromatic heterocycles. The van der Waals surface area contributed by atoms with E-state index in [-0.39, 0.29) is 23.7 Å². The number of amides is 2. The summed E-state index contributed by atoms with van der Waals surface area (Å²) in [5.41, 5.74) is 0.650. The number of rotatable bonds is 7. The lowest BCUT2D eigenvalue weighted by Gasteiger charge is -2.18. The summed E-state index contributed by atoms with van der Waals surface area (Å²) in [6, 6.07) is 4.56. The lowest BCUT2D eigenvalue weighted by atomic mass is 10.1. The van der Waals surface area contributed by atoms with Crippen molar-refractivity contribution in [2.75, 3.05) is 6.54 Å². The van der Waals surface area contributed by atoms with Crippen molar-refractivity contribution in [3.8, 4) is 5.75 Å². The minimum Gasteiger partial charge on any atom is -0.406 e. The molecule has 1 rings (SSSR count). The number of hydrogen-bond donors (Lipinski definition) is 3. The molecule has 0 aliphatic carbocycles. The smallest absolute Gasteiger partial charge is 0.406 e. The summed E-state index contributed by atoms with van der Waals surface area (Å²) in [5, 5.41) is 14.7. The number of alkyl halides is 3. The van der Waals surface area contributed by atoms with E-state index in [1.165, 1.54) is 24.3 Å². The van der Waals surface area contributed by atoms with Crippen LogP contribution in [0, 0.1) is 5.92 Å². The molecule has 136 valence electrons. The van der Waals surface area contributed by atoms with Crippen molar-refractivity contribution in [2.45, 2.75) is 45.7 Å². The number of hydrogen-bond acceptors (Lipinski definition) is 3. The monoisotopic (exact) mass is 348 g/mol. The maximum atomic E-state index is 12.1. The van der Waals surface area contributed by atoms with Gasteiger partial charge in [0, 0.05) is 6.54 Å². The van der Waals surface area contributed by atoms with Crippen molar-refractivity contribution >= 4 is 6.03 Å². The summed E-state index contributed by atoms with van der Waals surface area (Å²) < 4.78 is 40.1. The molecule has 0 aliphatic rings. The van der Waals surface area contributed by atoms with Gasteiger partial charge < -0.3 is 20.5 Å². The normalized spacial score (nSPS) is 15.3. The van der Waals surface area contributed by atoms with E-state index in [1.54, 1.807) is 13.8 Å². The molecule has 0 bridgehead atoms. The Morgan fingerprint density at radius 1 is 1.21 bits per heavy atom. The number of aliphatic hydroxyl groups is 1. The highest BCUT2D eigenvalue weighted by Crippen LogP contribution is 2.24. The second kappa shape index (κ2) is 8.77. The first kappa shape index (κ1) is 20.1. The largest absolute Gasteiger partial charge is 0.573 e. The Kier molecular flexibility index (Phi) is 7.34. The zero-order valence-electron chi connectivity index (χ0n) is 13.9. The molecule has 1 aromatic carbocycles. The van der Waals surface area contributed by atoms with Gasteiger partial charge in [0.2, 0.25) is 0 Å². The Balaban J connectivity index is 2.46. The molecule has 0 aliphatic heterocycles. The highest BCUT2D eigenvalue weighted by Gasteiger charge is 2.31. The fourth-order valence-corrected chi connectivity index (χ4v) is 2.22. The predicted molar refractivity (Wildman–Crippen MR) is 83.5 cm³/mol. The number of halogens is 3. The number of ether oxygens (including phenoxy) is 1. The average Bonchev–Trinajstić information content (AvgIpc) is 2.43. The van der Waals surface area contributed by atoms with E-state index in [9.17, 15) is 23.1 Å². The molecule has 0 radical (unpaired) electrons. The first-order valence-electron chi connectivity index (χ1n) is 7.65. The molecule has 3 atom stereocenters. The Hall–Kier alpha value is -1.96. The van der Waals surface area contributed by atoms with Gasteiger partial charge in [-0.15, -0.1) is 13.2 Å². The molecule has 0 spiro atoms. The molecule has 0 heterocycles. The van der Waals surface area contributed by atoms with Gasteiger partial charge in [-0.1, -0.05) is 19.1 Å². The van der Waals surface area contributed by atoms with Crippen LogP contribution in [-0.2, 0) is 0 Å². The van der Waals surface area contributed by atoms with Gasteiger partial charge in [-0.25, -0.2) is 4.79 Å². The lowest BCUT2D eigenvalue weighted by Crippen LogP contribution is -2.39. The number of nitrogens with one attached hydrogen (secondary N) is 2. The zero-order chi connectivity index (χ0) is 18.3. The second-order valence-electron chi connectivity index (χ2n) is 5.88. The van der Waals surface area contributed by atoms with Gasteiger partial charge in [-0.05, 0) is 43.9 Å². The molecule has 24 heavy (non-hydrogen) atoms. The minimum absolute atomic E-state index is 0.129. The molecular formula is C16H23F3N2O3. The molecule has 5 nitrogen and oxygen atoms in total. The molecule has 3 unspecified atom stereocenters. The van der Waals surface area contributed by atoms with Gasteiger partial charge in [0.25, 0.3) is 0 Å². The number of urea groups is 1. The van der Waals surface area contributed by atoms with E-state index in [2.05, 4.69) is 15.4 Å². The Bertz CT molecular complexity index is 518. The van der Waals surface area contributed by atoms with E-state index in [4.69, 9.17) is 0 Å². The van der Waals surface area contributed by atoms with Crippen molar-refractivity contribution in [1.29, 1.82) is 0 Å². The van der Waals surface area contributed by atoms with E-state index in [0.717, 1.165) is 0 Å². The van der Waals surface area contributed by atoms with Crippen molar-refractivity contribution in [2.24, 2.45) is 5.92 Å². The van der Waals surface area contributed by atoms with Crippen LogP contribution in [0.2, 0.25) is 0 Å². The molecule has 1 aromatic rings. The predicted octanol–water partition coefficient (Wildman–Crippen LogP) is 3.35. The van der Waals surface area contributed by atoms with Crippen LogP contribution in [0.1, 0.15) is 38.8 Å². The number of carbonyl (C=O) groups is 1. The van der Waals surface area contributed by atoms with Gasteiger partial charge >= 0.3 is 12.4 Å². The van der Waals surface area contributed by atoms with Crippen molar-refractivity contribution in [3.05, 3.63) is 29.8 Å². The van der Waals surface area contributed by atoms with Crippen LogP contribution in [0.25, 0.3) is 0 Å². The third kappa shape index (κ3) is 8.05. The van der Waals surface area contributed by atoms with Crippen LogP contribution in [0.5, 0.6) is 5.75 Å². The molecule has 2 amide bonds. The maximum Gasteiger partial charge on any atom is 0.573 e. The van der Waals surface area contributed by atoms with Gasteiger partial charge in [-0.2, -0.15) is 0 Å². The molecule has 0 fully saturated rings. The van der Waals surface area contributed by atoms with Crippen LogP contribution in [-0.4, -0.2) is 30.1 Å². The third-order valence-corrected chi connectivity index (χ3v) is 3.32. The van der Waals surface area contributed by atoms with Crippen LogP contribution < -0.4 is 15.4 Å². The van der Waals surface area contributed by atoms with Crippen LogP contribution >= 0.6 is 0 Å². The van der Waals surface area contributed by atoms with Gasteiger partial charge in [0.15, 0.2) is 0 Å². The molecular weight excluding hydrogens is 325 g/mol. The second-order valence-corrected chi connectivity index (χ2v) is 5.88. The Morgan fingerprint density at radius 2 is 1.79 bits per heavy atom. The van der Waals surface area contributed by atoms with E-state index >= 15 is 0 Å². The number of aliphatic hydroxyl groups excluding tert-OH is 1. The quantitative estimate of drug-likeness (QED) is 0.708. The zero-order valence-corrected chi connectivity index (χ0v) is 13.9. The van der Waals surface area contributed by atoms with Gasteiger partial charge in [0.05, 0.1) is 12.1 Å². The lowest BCUT2D eigenvalue weighted by molar-refractivity contribution is -0.274. The summed E-state index contributed by atoms with van der Waals surface area (Å²) >= 11 is 0. The van der Waals surface area contributed by atoms with Gasteiger partial charge in [-0.3, -0.25) is 0 Å². The summed E-state index contributed by atoms with van der Waals surface area (Å²) in [7, 11) is 0. The molecule has 8 heteroatoms. The Morgan fingerprint density at radius 3 is 2.29 bits per heavy atom. The summed E-state index contributed by atoms with van der Waals surface area (Å²) in [6.45, 7) is 5.74. The van der Waals surface area contributed by atoms with Crippen molar-refractivity contribution in [1.82, 2.24) is 10.6 Å². The van der Waals surface area contributed by atoms with E-state index in [0.29, 0.717) is 18.5 Å². The highest BCUT2D eigenvalue weighted by atomic mass is 19.4. The fraction of sp³-hybridized carbons (Fsp3) is 0.562. The third-order valence-electron chi connectivity index (χ3n) is 3.32. The van der Waals surface area contributed by atoms with Gasteiger partial charge in [0.1, 0.15) is 5.75 Å². The van der Waals surface area contributed by atoms with Crippen molar-refractivity contribution in [3.63, 3.8) is 0 Å². The highest BCUT2D eigenvalue weighted by molar-refractivity contribution is 5.74. The minimum atomic E-state index is -4.73. The molecule has 3 N–H and O–H groups in total. The van der Waals surface area contributed by atoms with Crippen molar-refractivity contribution < 1.29 is 27.8 Å². The summed E-state index contributed by atoms with van der Waals surface area (Å²) in [4.78, 5) is 11.8. The number of carbonyl (C=O) groups excluding carboxylic acids is 1. The number of benzene rings is 1. The Labute approximate surface area is 139 Å². The van der Waals surface area contributed by atoms with E-state index < -0.39 is 12.5 Å². The SMILES string of the molecule is CC(O)CC(C)CNC(=O)NC(C)c1ccc(OC(F)(F)F)cc1. The molecule has 0 saturated carbocycles. The standard InChI is InChI=1S/C16H23F3N2O3/c1-10(8-11(2)22)9-20-15(23)21-12(3)13-4-6-14(7-5-13)24-16(17,18)19/h4-7,10-12,22H,8-9H2,1-3H3,(H2,20,21,23). The average molecular weight is 348 g/mol. The van der Waals surface area contributed by atoms with Crippen LogP contribution in [0.3, 0.4) is 0 Å².